The van der Waals surface area contributed by atoms with Crippen LogP contribution in [0.1, 0.15) is 16.1 Å². The maximum atomic E-state index is 12.1. The molecular formula is C12H13ClN6O7S. The van der Waals surface area contributed by atoms with E-state index in [2.05, 4.69) is 25.5 Å². The van der Waals surface area contributed by atoms with E-state index in [4.69, 9.17) is 26.2 Å². The summed E-state index contributed by atoms with van der Waals surface area (Å²) in [7, 11) is -1.65. The zero-order valence-corrected chi connectivity index (χ0v) is 15.4. The molecule has 0 unspecified atom stereocenters. The summed E-state index contributed by atoms with van der Waals surface area (Å²) in [4.78, 5) is 30.6. The fourth-order valence-electron chi connectivity index (χ4n) is 1.84. The number of nitrogens with one attached hydrogen (secondary N) is 3. The molecule has 2 aromatic heterocycles. The van der Waals surface area contributed by atoms with Crippen LogP contribution in [0.5, 0.6) is 11.8 Å². The van der Waals surface area contributed by atoms with Crippen molar-refractivity contribution in [3.05, 3.63) is 22.5 Å². The molecule has 2 heterocycles. The molecule has 0 aliphatic carbocycles. The Morgan fingerprint density at radius 3 is 2.37 bits per heavy atom. The zero-order chi connectivity index (χ0) is 20.2. The summed E-state index contributed by atoms with van der Waals surface area (Å²) in [5.41, 5.74) is -0.810. The van der Waals surface area contributed by atoms with Gasteiger partial charge in [0, 0.05) is 0 Å². The second-order valence-corrected chi connectivity index (χ2v) is 6.84. The Morgan fingerprint density at radius 2 is 1.85 bits per heavy atom. The first kappa shape index (κ1) is 20.2. The van der Waals surface area contributed by atoms with Crippen molar-refractivity contribution in [1.82, 2.24) is 24.9 Å². The molecule has 13 nitrogen and oxygen atoms in total. The molecule has 0 bridgehead atoms. The number of carbonyl (C=O) groups is 2. The summed E-state index contributed by atoms with van der Waals surface area (Å²) in [6.07, 6.45) is 0. The summed E-state index contributed by atoms with van der Waals surface area (Å²) >= 11 is 5.58. The quantitative estimate of drug-likeness (QED) is 0.482. The van der Waals surface area contributed by atoms with Crippen LogP contribution in [-0.4, -0.2) is 59.9 Å². The van der Waals surface area contributed by atoms with Gasteiger partial charge < -0.3 is 14.6 Å². The Labute approximate surface area is 157 Å². The van der Waals surface area contributed by atoms with Crippen molar-refractivity contribution in [2.24, 2.45) is 0 Å². The van der Waals surface area contributed by atoms with Crippen molar-refractivity contribution in [2.45, 2.75) is 5.75 Å². The van der Waals surface area contributed by atoms with Gasteiger partial charge in [-0.05, 0) is 0 Å². The minimum absolute atomic E-state index is 0.0678. The van der Waals surface area contributed by atoms with Crippen molar-refractivity contribution >= 4 is 39.6 Å². The summed E-state index contributed by atoms with van der Waals surface area (Å²) in [6.45, 7) is 0. The number of amides is 2. The molecule has 0 atom stereocenters. The van der Waals surface area contributed by atoms with Crippen LogP contribution >= 0.6 is 11.6 Å². The van der Waals surface area contributed by atoms with Gasteiger partial charge >= 0.3 is 12.0 Å². The van der Waals surface area contributed by atoms with E-state index in [-0.39, 0.29) is 23.4 Å². The molecule has 0 spiro atoms. The molecule has 0 fully saturated rings. The molecule has 0 aliphatic rings. The van der Waals surface area contributed by atoms with Gasteiger partial charge in [0.05, 0.1) is 26.0 Å². The van der Waals surface area contributed by atoms with Crippen LogP contribution in [0.2, 0.25) is 5.15 Å². The highest BCUT2D eigenvalue weighted by atomic mass is 35.5. The molecule has 0 aromatic carbocycles. The second-order valence-electron chi connectivity index (χ2n) is 4.76. The molecule has 0 aliphatic heterocycles. The van der Waals surface area contributed by atoms with Crippen LogP contribution < -0.4 is 19.5 Å². The maximum Gasteiger partial charge on any atom is 0.340 e. The number of sulfonamides is 1. The lowest BCUT2D eigenvalue weighted by atomic mass is 10.3. The van der Waals surface area contributed by atoms with Gasteiger partial charge in [-0.2, -0.15) is 15.1 Å². The average Bonchev–Trinajstić information content (AvgIpc) is 2.93. The zero-order valence-electron chi connectivity index (χ0n) is 13.8. The number of aromatic amines is 1. The van der Waals surface area contributed by atoms with Crippen LogP contribution in [-0.2, 0) is 15.8 Å². The summed E-state index contributed by atoms with van der Waals surface area (Å²) in [5.74, 6) is -2.50. The number of aromatic carboxylic acids is 1. The van der Waals surface area contributed by atoms with E-state index in [1.54, 1.807) is 4.72 Å². The highest BCUT2D eigenvalue weighted by molar-refractivity contribution is 7.89. The molecule has 15 heteroatoms. The molecular weight excluding hydrogens is 408 g/mol. The van der Waals surface area contributed by atoms with Gasteiger partial charge in [-0.1, -0.05) is 11.6 Å². The van der Waals surface area contributed by atoms with Gasteiger partial charge in [0.2, 0.25) is 27.7 Å². The van der Waals surface area contributed by atoms with Gasteiger partial charge in [0.1, 0.15) is 11.3 Å². The molecule has 2 rings (SSSR count). The molecule has 4 N–H and O–H groups in total. The summed E-state index contributed by atoms with van der Waals surface area (Å²) in [6, 6.07) is 0.155. The van der Waals surface area contributed by atoms with Gasteiger partial charge in [-0.25, -0.2) is 22.7 Å². The van der Waals surface area contributed by atoms with E-state index >= 15 is 0 Å². The predicted octanol–water partition coefficient (Wildman–Crippen LogP) is 0.220. The van der Waals surface area contributed by atoms with Crippen LogP contribution in [0.15, 0.2) is 6.07 Å². The Bertz CT molecular complexity index is 954. The van der Waals surface area contributed by atoms with E-state index in [0.29, 0.717) is 0 Å². The van der Waals surface area contributed by atoms with Crippen molar-refractivity contribution in [3.63, 3.8) is 0 Å². The van der Waals surface area contributed by atoms with Gasteiger partial charge in [-0.3, -0.25) is 10.4 Å². The van der Waals surface area contributed by atoms with Gasteiger partial charge in [-0.15, -0.1) is 0 Å². The molecule has 27 heavy (non-hydrogen) atoms. The van der Waals surface area contributed by atoms with Crippen LogP contribution in [0.25, 0.3) is 0 Å². The number of hydrogen-bond donors (Lipinski definition) is 4. The number of ether oxygens (including phenoxy) is 2. The average molecular weight is 421 g/mol. The number of methoxy groups -OCH3 is 2. The lowest BCUT2D eigenvalue weighted by Gasteiger charge is -2.09. The third kappa shape index (κ3) is 5.18. The molecule has 0 radical (unpaired) electrons. The van der Waals surface area contributed by atoms with Gasteiger partial charge in [0.15, 0.2) is 5.15 Å². The number of nitrogens with zero attached hydrogens (tertiary/aromatic N) is 3. The Hall–Kier alpha value is -3.13. The Balaban J connectivity index is 2.12. The third-order valence-electron chi connectivity index (χ3n) is 2.92. The van der Waals surface area contributed by atoms with E-state index in [9.17, 15) is 18.0 Å². The molecule has 0 saturated heterocycles. The fraction of sp³-hybridized carbons (Fsp3) is 0.250. The Morgan fingerprint density at radius 1 is 1.26 bits per heavy atom. The molecule has 2 amide bonds. The maximum absolute atomic E-state index is 12.1. The Kier molecular flexibility index (Phi) is 6.02. The van der Waals surface area contributed by atoms with E-state index in [1.165, 1.54) is 20.3 Å². The number of carboxylic acids is 1. The van der Waals surface area contributed by atoms with Crippen molar-refractivity contribution in [1.29, 1.82) is 0 Å². The lowest BCUT2D eigenvalue weighted by Crippen LogP contribution is -2.36. The first-order valence-electron chi connectivity index (χ1n) is 6.89. The number of carboxylic acid groups (broad SMARTS) is 1. The van der Waals surface area contributed by atoms with E-state index in [1.807, 2.05) is 0 Å². The number of H-pyrrole nitrogens is 1. The third-order valence-corrected chi connectivity index (χ3v) is 4.35. The first-order chi connectivity index (χ1) is 12.6. The summed E-state index contributed by atoms with van der Waals surface area (Å²) in [5, 5.41) is 16.3. The van der Waals surface area contributed by atoms with Crippen LogP contribution in [0.4, 0.5) is 10.7 Å². The minimum atomic E-state index is -4.30. The second kappa shape index (κ2) is 8.05. The standard InChI is InChI=1S/C12H13ClN6O7S/c1-25-6-3-7(26-2)15-11(14-6)16-12(22)19-27(23,24)4-5-8(10(20)21)9(13)18-17-5/h3H,4H2,1-2H3,(H,17,18)(H,20,21)(H2,14,15,16,19,22). The number of rotatable bonds is 7. The smallest absolute Gasteiger partial charge is 0.340 e. The van der Waals surface area contributed by atoms with E-state index < -0.39 is 38.5 Å². The topological polar surface area (TPSA) is 185 Å². The number of aromatic nitrogens is 4. The van der Waals surface area contributed by atoms with Crippen molar-refractivity contribution in [2.75, 3.05) is 19.5 Å². The number of hydrogen-bond acceptors (Lipinski definition) is 9. The predicted molar refractivity (Wildman–Crippen MR) is 90.5 cm³/mol. The summed E-state index contributed by atoms with van der Waals surface area (Å²) < 4.78 is 35.6. The van der Waals surface area contributed by atoms with Crippen molar-refractivity contribution in [3.8, 4) is 11.8 Å². The highest BCUT2D eigenvalue weighted by Gasteiger charge is 2.25. The SMILES string of the molecule is COc1cc(OC)nc(NC(=O)NS(=O)(=O)Cc2[nH]nc(Cl)c2C(=O)O)n1. The number of halogens is 1. The first-order valence-corrected chi connectivity index (χ1v) is 8.92. The number of carbonyl (C=O) groups excluding carboxylic acids is 1. The minimum Gasteiger partial charge on any atom is -0.481 e. The number of urea groups is 1. The fourth-order valence-corrected chi connectivity index (χ4v) is 3.07. The van der Waals surface area contributed by atoms with Crippen LogP contribution in [0, 0.1) is 0 Å². The van der Waals surface area contributed by atoms with Crippen molar-refractivity contribution < 1.29 is 32.6 Å². The molecule has 2 aromatic rings. The van der Waals surface area contributed by atoms with Crippen LogP contribution in [0.3, 0.4) is 0 Å². The normalized spacial score (nSPS) is 10.9. The molecule has 146 valence electrons. The van der Waals surface area contributed by atoms with Gasteiger partial charge in [0.25, 0.3) is 0 Å². The number of anilines is 1. The van der Waals surface area contributed by atoms with E-state index in [0.717, 1.165) is 0 Å². The lowest BCUT2D eigenvalue weighted by molar-refractivity contribution is 0.0696. The largest absolute Gasteiger partial charge is 0.481 e. The monoisotopic (exact) mass is 420 g/mol. The molecule has 0 saturated carbocycles. The highest BCUT2D eigenvalue weighted by Crippen LogP contribution is 2.19.